The standard InChI is InChI=1S/C23H28ClN3O4/c1-22(2,3)31-21(29)15-7-8-18(25-20(15)24)27-13-9-19(26-27)30-14-17(28)16-6-4-5-10-23(16)11-12-23/h7-9,13,16H,4-6,10-12,14H2,1-3H3. The van der Waals surface area contributed by atoms with Gasteiger partial charge in [0.05, 0.1) is 5.56 Å². The van der Waals surface area contributed by atoms with Crippen molar-refractivity contribution in [3.63, 3.8) is 0 Å². The molecule has 0 aliphatic heterocycles. The number of hydrogen-bond donors (Lipinski definition) is 0. The molecule has 31 heavy (non-hydrogen) atoms. The monoisotopic (exact) mass is 445 g/mol. The van der Waals surface area contributed by atoms with Crippen molar-refractivity contribution in [2.75, 3.05) is 6.61 Å². The molecule has 2 aliphatic rings. The Morgan fingerprint density at radius 1 is 1.19 bits per heavy atom. The van der Waals surface area contributed by atoms with Crippen LogP contribution in [0.2, 0.25) is 5.15 Å². The molecule has 0 N–H and O–H groups in total. The Morgan fingerprint density at radius 3 is 2.65 bits per heavy atom. The molecule has 1 spiro atoms. The number of hydrogen-bond acceptors (Lipinski definition) is 6. The van der Waals surface area contributed by atoms with Crippen molar-refractivity contribution in [3.8, 4) is 11.7 Å². The van der Waals surface area contributed by atoms with Gasteiger partial charge in [0.25, 0.3) is 0 Å². The summed E-state index contributed by atoms with van der Waals surface area (Å²) in [4.78, 5) is 29.2. The van der Waals surface area contributed by atoms with E-state index in [4.69, 9.17) is 21.1 Å². The van der Waals surface area contributed by atoms with E-state index in [1.165, 1.54) is 30.4 Å². The topological polar surface area (TPSA) is 83.3 Å². The average molecular weight is 446 g/mol. The maximum Gasteiger partial charge on any atom is 0.341 e. The van der Waals surface area contributed by atoms with Gasteiger partial charge < -0.3 is 9.47 Å². The van der Waals surface area contributed by atoms with Crippen LogP contribution >= 0.6 is 11.6 Å². The number of halogens is 1. The first-order valence-corrected chi connectivity index (χ1v) is 11.2. The second kappa shape index (κ2) is 8.26. The third-order valence-electron chi connectivity index (χ3n) is 6.05. The number of aromatic nitrogens is 3. The molecule has 166 valence electrons. The SMILES string of the molecule is CC(C)(C)OC(=O)c1ccc(-n2ccc(OCC(=O)C3CCCCC34CC4)n2)nc1Cl. The van der Waals surface area contributed by atoms with Crippen LogP contribution in [0.3, 0.4) is 0 Å². The van der Waals surface area contributed by atoms with Crippen LogP contribution in [-0.4, -0.2) is 38.7 Å². The van der Waals surface area contributed by atoms with E-state index in [9.17, 15) is 9.59 Å². The molecular formula is C23H28ClN3O4. The minimum absolute atomic E-state index is 0.0342. The quantitative estimate of drug-likeness (QED) is 0.469. The van der Waals surface area contributed by atoms with Gasteiger partial charge in [0.2, 0.25) is 5.88 Å². The van der Waals surface area contributed by atoms with Crippen LogP contribution in [0.1, 0.15) is 69.7 Å². The van der Waals surface area contributed by atoms with Gasteiger partial charge in [-0.25, -0.2) is 14.5 Å². The Morgan fingerprint density at radius 2 is 1.97 bits per heavy atom. The van der Waals surface area contributed by atoms with Crippen LogP contribution < -0.4 is 4.74 Å². The zero-order valence-corrected chi connectivity index (χ0v) is 18.9. The number of ether oxygens (including phenoxy) is 2. The van der Waals surface area contributed by atoms with E-state index in [2.05, 4.69) is 10.1 Å². The first kappa shape index (κ1) is 21.8. The van der Waals surface area contributed by atoms with Gasteiger partial charge in [-0.3, -0.25) is 4.79 Å². The zero-order chi connectivity index (χ0) is 22.2. The maximum absolute atomic E-state index is 12.7. The van der Waals surface area contributed by atoms with E-state index in [1.54, 1.807) is 45.2 Å². The summed E-state index contributed by atoms with van der Waals surface area (Å²) in [5.74, 6) is 0.556. The Labute approximate surface area is 187 Å². The molecule has 1 unspecified atom stereocenters. The van der Waals surface area contributed by atoms with Crippen molar-refractivity contribution < 1.29 is 19.1 Å². The van der Waals surface area contributed by atoms with Gasteiger partial charge in [-0.05, 0) is 64.0 Å². The summed E-state index contributed by atoms with van der Waals surface area (Å²) in [6, 6.07) is 4.87. The lowest BCUT2D eigenvalue weighted by molar-refractivity contribution is -0.128. The number of esters is 1. The van der Waals surface area contributed by atoms with Crippen molar-refractivity contribution in [2.45, 2.75) is 64.9 Å². The number of ketones is 1. The Kier molecular flexibility index (Phi) is 5.81. The fraction of sp³-hybridized carbons (Fsp3) is 0.565. The van der Waals surface area contributed by atoms with Crippen LogP contribution in [0, 0.1) is 11.3 Å². The predicted octanol–water partition coefficient (Wildman–Crippen LogP) is 4.79. The molecule has 0 radical (unpaired) electrons. The molecule has 4 rings (SSSR count). The molecule has 2 aromatic heterocycles. The molecule has 0 amide bonds. The summed E-state index contributed by atoms with van der Waals surface area (Å²) in [6.45, 7) is 5.40. The molecule has 1 atom stereocenters. The number of carbonyl (C=O) groups is 2. The molecule has 2 saturated carbocycles. The fourth-order valence-corrected chi connectivity index (χ4v) is 4.59. The second-order valence-electron chi connectivity index (χ2n) is 9.52. The number of carbonyl (C=O) groups excluding carboxylic acids is 2. The minimum Gasteiger partial charge on any atom is -0.469 e. The maximum atomic E-state index is 12.7. The average Bonchev–Trinajstić information content (AvgIpc) is 3.29. The highest BCUT2D eigenvalue weighted by Gasteiger charge is 2.52. The van der Waals surface area contributed by atoms with E-state index in [0.717, 1.165) is 12.8 Å². The van der Waals surface area contributed by atoms with E-state index < -0.39 is 11.6 Å². The van der Waals surface area contributed by atoms with Crippen molar-refractivity contribution >= 4 is 23.4 Å². The van der Waals surface area contributed by atoms with Gasteiger partial charge in [0, 0.05) is 18.2 Å². The van der Waals surface area contributed by atoms with Crippen LogP contribution in [0.15, 0.2) is 24.4 Å². The van der Waals surface area contributed by atoms with Crippen LogP contribution in [0.4, 0.5) is 0 Å². The molecular weight excluding hydrogens is 418 g/mol. The second-order valence-corrected chi connectivity index (χ2v) is 9.88. The van der Waals surface area contributed by atoms with Gasteiger partial charge >= 0.3 is 5.97 Å². The third kappa shape index (κ3) is 4.92. The third-order valence-corrected chi connectivity index (χ3v) is 6.34. The molecule has 8 heteroatoms. The van der Waals surface area contributed by atoms with Crippen molar-refractivity contribution in [1.29, 1.82) is 0 Å². The molecule has 7 nitrogen and oxygen atoms in total. The lowest BCUT2D eigenvalue weighted by Crippen LogP contribution is -2.32. The minimum atomic E-state index is -0.623. The molecule has 2 aromatic rings. The number of Topliss-reactive ketones (excluding diaryl/α,β-unsaturated/α-hetero) is 1. The summed E-state index contributed by atoms with van der Waals surface area (Å²) in [7, 11) is 0. The molecule has 2 aliphatic carbocycles. The van der Waals surface area contributed by atoms with Gasteiger partial charge in [-0.15, -0.1) is 5.10 Å². The van der Waals surface area contributed by atoms with Crippen molar-refractivity contribution in [2.24, 2.45) is 11.3 Å². The highest BCUT2D eigenvalue weighted by molar-refractivity contribution is 6.32. The zero-order valence-electron chi connectivity index (χ0n) is 18.2. The largest absolute Gasteiger partial charge is 0.469 e. The Bertz CT molecular complexity index is 991. The summed E-state index contributed by atoms with van der Waals surface area (Å²) in [5, 5.41) is 4.36. The lowest BCUT2D eigenvalue weighted by Gasteiger charge is -2.30. The molecule has 0 saturated heterocycles. The highest BCUT2D eigenvalue weighted by Crippen LogP contribution is 2.59. The molecule has 0 aromatic carbocycles. The van der Waals surface area contributed by atoms with E-state index in [1.807, 2.05) is 0 Å². The van der Waals surface area contributed by atoms with Crippen LogP contribution in [0.25, 0.3) is 5.82 Å². The first-order valence-electron chi connectivity index (χ1n) is 10.8. The first-order chi connectivity index (χ1) is 14.7. The number of pyridine rings is 1. The summed E-state index contributed by atoms with van der Waals surface area (Å²) < 4.78 is 12.5. The Balaban J connectivity index is 1.39. The number of rotatable bonds is 6. The molecule has 0 bridgehead atoms. The van der Waals surface area contributed by atoms with Crippen LogP contribution in [-0.2, 0) is 9.53 Å². The summed E-state index contributed by atoms with van der Waals surface area (Å²) >= 11 is 6.20. The van der Waals surface area contributed by atoms with Gasteiger partial charge in [0.15, 0.2) is 11.6 Å². The fourth-order valence-electron chi connectivity index (χ4n) is 4.36. The summed E-state index contributed by atoms with van der Waals surface area (Å²) in [6.07, 6.45) is 8.52. The Hall–Kier alpha value is -2.41. The van der Waals surface area contributed by atoms with Gasteiger partial charge in [-0.1, -0.05) is 24.4 Å². The number of nitrogens with zero attached hydrogens (tertiary/aromatic N) is 3. The normalized spacial score (nSPS) is 19.8. The molecule has 2 heterocycles. The summed E-state index contributed by atoms with van der Waals surface area (Å²) in [5.41, 5.74) is -0.174. The highest BCUT2D eigenvalue weighted by atomic mass is 35.5. The van der Waals surface area contributed by atoms with E-state index in [0.29, 0.717) is 11.7 Å². The predicted molar refractivity (Wildman–Crippen MR) is 116 cm³/mol. The van der Waals surface area contributed by atoms with Gasteiger partial charge in [0.1, 0.15) is 17.4 Å². The smallest absolute Gasteiger partial charge is 0.341 e. The van der Waals surface area contributed by atoms with Crippen molar-refractivity contribution in [3.05, 3.63) is 35.1 Å². The van der Waals surface area contributed by atoms with Crippen LogP contribution in [0.5, 0.6) is 5.88 Å². The van der Waals surface area contributed by atoms with Crippen molar-refractivity contribution in [1.82, 2.24) is 14.8 Å². The van der Waals surface area contributed by atoms with E-state index in [-0.39, 0.29) is 34.4 Å². The van der Waals surface area contributed by atoms with E-state index >= 15 is 0 Å². The van der Waals surface area contributed by atoms with Gasteiger partial charge in [-0.2, -0.15) is 0 Å². The lowest BCUT2D eigenvalue weighted by atomic mass is 9.74. The molecule has 2 fully saturated rings.